The Morgan fingerprint density at radius 3 is 2.43 bits per heavy atom. The molecule has 1 saturated carbocycles. The number of aryl methyl sites for hydroxylation is 1. The van der Waals surface area contributed by atoms with Gasteiger partial charge in [0, 0.05) is 25.1 Å². The zero-order valence-electron chi connectivity index (χ0n) is 16.9. The maximum absolute atomic E-state index is 14.9. The monoisotopic (exact) mass is 417 g/mol. The molecule has 6 nitrogen and oxygen atoms in total. The van der Waals surface area contributed by atoms with Gasteiger partial charge in [-0.2, -0.15) is 0 Å². The lowest BCUT2D eigenvalue weighted by Gasteiger charge is -2.33. The lowest BCUT2D eigenvalue weighted by Crippen LogP contribution is -2.35. The van der Waals surface area contributed by atoms with Crippen LogP contribution in [0.1, 0.15) is 44.2 Å². The first kappa shape index (κ1) is 20.5. The van der Waals surface area contributed by atoms with E-state index >= 15 is 0 Å². The minimum absolute atomic E-state index is 0.0427. The average Bonchev–Trinajstić information content (AvgIpc) is 2.66. The van der Waals surface area contributed by atoms with Gasteiger partial charge in [-0.1, -0.05) is 0 Å². The van der Waals surface area contributed by atoms with Crippen molar-refractivity contribution >= 4 is 11.7 Å². The van der Waals surface area contributed by atoms with E-state index in [1.165, 1.54) is 18.3 Å². The molecule has 2 heterocycles. The third kappa shape index (κ3) is 4.37. The number of carboxylic acid groups (broad SMARTS) is 1. The molecule has 1 aromatic carbocycles. The Labute approximate surface area is 173 Å². The van der Waals surface area contributed by atoms with Crippen LogP contribution in [0.5, 0.6) is 5.88 Å². The van der Waals surface area contributed by atoms with Crippen molar-refractivity contribution in [2.75, 3.05) is 18.0 Å². The highest BCUT2D eigenvalue weighted by Crippen LogP contribution is 2.33. The molecule has 160 valence electrons. The van der Waals surface area contributed by atoms with Crippen LogP contribution in [0.25, 0.3) is 11.3 Å². The van der Waals surface area contributed by atoms with E-state index in [1.807, 2.05) is 0 Å². The van der Waals surface area contributed by atoms with Gasteiger partial charge in [0.2, 0.25) is 5.88 Å². The first-order valence-electron chi connectivity index (χ1n) is 10.4. The highest BCUT2D eigenvalue weighted by molar-refractivity contribution is 5.67. The quantitative estimate of drug-likeness (QED) is 0.753. The molecule has 0 bridgehead atoms. The molecule has 30 heavy (non-hydrogen) atoms. The van der Waals surface area contributed by atoms with Crippen LogP contribution >= 0.6 is 0 Å². The van der Waals surface area contributed by atoms with Crippen molar-refractivity contribution in [1.82, 2.24) is 9.97 Å². The minimum Gasteiger partial charge on any atom is -0.481 e. The number of benzene rings is 1. The van der Waals surface area contributed by atoms with E-state index < -0.39 is 17.6 Å². The number of halogens is 2. The number of hydrogen-bond acceptors (Lipinski definition) is 5. The Kier molecular flexibility index (Phi) is 5.83. The second-order valence-corrected chi connectivity index (χ2v) is 8.13. The molecule has 1 saturated heterocycles. The van der Waals surface area contributed by atoms with Crippen LogP contribution in [-0.2, 0) is 4.79 Å². The molecule has 0 atom stereocenters. The SMILES string of the molecule is Cc1ncc(-c2cc(F)c(N3CCC(CC(=O)O)CC3)c(F)c2)nc1OC1CCC1. The molecule has 1 aromatic heterocycles. The molecule has 0 unspecified atom stereocenters. The summed E-state index contributed by atoms with van der Waals surface area (Å²) in [5.41, 5.74) is 1.24. The summed E-state index contributed by atoms with van der Waals surface area (Å²) in [5, 5.41) is 8.92. The number of carbonyl (C=O) groups is 1. The highest BCUT2D eigenvalue weighted by atomic mass is 19.1. The average molecular weight is 417 g/mol. The summed E-state index contributed by atoms with van der Waals surface area (Å²) in [4.78, 5) is 21.2. The Hall–Kier alpha value is -2.77. The maximum atomic E-state index is 14.9. The van der Waals surface area contributed by atoms with E-state index in [2.05, 4.69) is 9.97 Å². The number of nitrogens with zero attached hydrogens (tertiary/aromatic N) is 3. The number of anilines is 1. The molecule has 2 aromatic rings. The molecule has 0 radical (unpaired) electrons. The molecule has 8 heteroatoms. The number of rotatable bonds is 6. The van der Waals surface area contributed by atoms with Crippen molar-refractivity contribution in [3.8, 4) is 17.1 Å². The van der Waals surface area contributed by atoms with Crippen LogP contribution in [0.15, 0.2) is 18.3 Å². The van der Waals surface area contributed by atoms with Crippen molar-refractivity contribution in [3.63, 3.8) is 0 Å². The summed E-state index contributed by atoms with van der Waals surface area (Å²) in [6.45, 7) is 2.65. The molecule has 2 fully saturated rings. The topological polar surface area (TPSA) is 75.6 Å². The molecule has 1 N–H and O–H groups in total. The summed E-state index contributed by atoms with van der Waals surface area (Å²) in [5.74, 6) is -1.71. The van der Waals surface area contributed by atoms with E-state index in [0.717, 1.165) is 19.3 Å². The van der Waals surface area contributed by atoms with E-state index in [4.69, 9.17) is 9.84 Å². The fourth-order valence-corrected chi connectivity index (χ4v) is 3.95. The number of aromatic nitrogens is 2. The van der Waals surface area contributed by atoms with Gasteiger partial charge in [-0.05, 0) is 57.1 Å². The predicted molar refractivity (Wildman–Crippen MR) is 108 cm³/mol. The van der Waals surface area contributed by atoms with Crippen molar-refractivity contribution in [2.45, 2.75) is 51.6 Å². The first-order chi connectivity index (χ1) is 14.4. The summed E-state index contributed by atoms with van der Waals surface area (Å²) in [6.07, 6.45) is 5.99. The normalized spacial score (nSPS) is 17.6. The van der Waals surface area contributed by atoms with Crippen molar-refractivity contribution in [2.24, 2.45) is 5.92 Å². The predicted octanol–water partition coefficient (Wildman–Crippen LogP) is 4.35. The molecule has 1 aliphatic heterocycles. The van der Waals surface area contributed by atoms with E-state index in [0.29, 0.717) is 48.8 Å². The molecule has 0 spiro atoms. The van der Waals surface area contributed by atoms with E-state index in [1.54, 1.807) is 11.8 Å². The number of carboxylic acids is 1. The standard InChI is InChI=1S/C22H25F2N3O3/c1-13-22(30-16-3-2-4-16)26-19(12-25-13)15-10-17(23)21(18(24)11-15)27-7-5-14(6-8-27)9-20(28)29/h10-12,14,16H,2-9H2,1H3,(H,28,29). The van der Waals surface area contributed by atoms with Gasteiger partial charge in [0.1, 0.15) is 23.4 Å². The fourth-order valence-electron chi connectivity index (χ4n) is 3.95. The lowest BCUT2D eigenvalue weighted by atomic mass is 9.93. The Balaban J connectivity index is 1.53. The fraction of sp³-hybridized carbons (Fsp3) is 0.500. The highest BCUT2D eigenvalue weighted by Gasteiger charge is 2.26. The zero-order valence-corrected chi connectivity index (χ0v) is 16.9. The summed E-state index contributed by atoms with van der Waals surface area (Å²) >= 11 is 0. The Morgan fingerprint density at radius 1 is 1.20 bits per heavy atom. The number of hydrogen-bond donors (Lipinski definition) is 1. The molecule has 2 aliphatic rings. The smallest absolute Gasteiger partial charge is 0.303 e. The van der Waals surface area contributed by atoms with Crippen LogP contribution in [-0.4, -0.2) is 40.2 Å². The van der Waals surface area contributed by atoms with Crippen LogP contribution < -0.4 is 9.64 Å². The van der Waals surface area contributed by atoms with Gasteiger partial charge in [-0.15, -0.1) is 0 Å². The summed E-state index contributed by atoms with van der Waals surface area (Å²) in [6, 6.07) is 2.54. The van der Waals surface area contributed by atoms with E-state index in [-0.39, 0.29) is 24.1 Å². The molecular weight excluding hydrogens is 392 g/mol. The molecule has 4 rings (SSSR count). The van der Waals surface area contributed by atoms with Gasteiger partial charge in [0.05, 0.1) is 17.6 Å². The van der Waals surface area contributed by atoms with Gasteiger partial charge in [0.15, 0.2) is 0 Å². The van der Waals surface area contributed by atoms with Crippen molar-refractivity contribution in [3.05, 3.63) is 35.7 Å². The number of piperidine rings is 1. The Morgan fingerprint density at radius 2 is 1.87 bits per heavy atom. The number of ether oxygens (including phenoxy) is 1. The van der Waals surface area contributed by atoms with Crippen molar-refractivity contribution < 1.29 is 23.4 Å². The minimum atomic E-state index is -0.838. The maximum Gasteiger partial charge on any atom is 0.303 e. The second kappa shape index (κ2) is 8.53. The summed E-state index contributed by atoms with van der Waals surface area (Å²) in [7, 11) is 0. The van der Waals surface area contributed by atoms with Gasteiger partial charge < -0.3 is 14.7 Å². The van der Waals surface area contributed by atoms with Crippen LogP contribution in [0.4, 0.5) is 14.5 Å². The Bertz CT molecular complexity index is 918. The first-order valence-corrected chi connectivity index (χ1v) is 10.4. The van der Waals surface area contributed by atoms with Gasteiger partial charge in [0.25, 0.3) is 0 Å². The third-order valence-electron chi connectivity index (χ3n) is 5.95. The van der Waals surface area contributed by atoms with E-state index in [9.17, 15) is 13.6 Å². The molecular formula is C22H25F2N3O3. The summed E-state index contributed by atoms with van der Waals surface area (Å²) < 4.78 is 35.6. The van der Waals surface area contributed by atoms with Gasteiger partial charge >= 0.3 is 5.97 Å². The molecule has 0 amide bonds. The zero-order chi connectivity index (χ0) is 21.3. The van der Waals surface area contributed by atoms with Crippen molar-refractivity contribution in [1.29, 1.82) is 0 Å². The second-order valence-electron chi connectivity index (χ2n) is 8.13. The largest absolute Gasteiger partial charge is 0.481 e. The number of aliphatic carboxylic acids is 1. The van der Waals surface area contributed by atoms with Crippen LogP contribution in [0.3, 0.4) is 0 Å². The van der Waals surface area contributed by atoms with Crippen LogP contribution in [0.2, 0.25) is 0 Å². The lowest BCUT2D eigenvalue weighted by molar-refractivity contribution is -0.138. The van der Waals surface area contributed by atoms with Gasteiger partial charge in [-0.25, -0.2) is 13.8 Å². The molecule has 1 aliphatic carbocycles. The third-order valence-corrected chi connectivity index (χ3v) is 5.95. The van der Waals surface area contributed by atoms with Gasteiger partial charge in [-0.3, -0.25) is 9.78 Å². The van der Waals surface area contributed by atoms with Crippen LogP contribution in [0, 0.1) is 24.5 Å².